The van der Waals surface area contributed by atoms with Gasteiger partial charge < -0.3 is 4.79 Å². The van der Waals surface area contributed by atoms with Crippen molar-refractivity contribution < 1.29 is 9.59 Å². The summed E-state index contributed by atoms with van der Waals surface area (Å²) in [6.45, 7) is 11.1. The fourth-order valence-corrected chi connectivity index (χ4v) is 2.89. The monoisotopic (exact) mass is 310 g/mol. The number of ketones is 1. The van der Waals surface area contributed by atoms with Crippen molar-refractivity contribution in [2.75, 3.05) is 0 Å². The average molecular weight is 311 g/mol. The second-order valence-electron chi connectivity index (χ2n) is 7.77. The van der Waals surface area contributed by atoms with Crippen molar-refractivity contribution in [3.63, 3.8) is 0 Å². The Morgan fingerprint density at radius 3 is 1.82 bits per heavy atom. The smallest absolute Gasteiger partial charge is 0.136 e. The maximum Gasteiger partial charge on any atom is 0.136 e. The van der Waals surface area contributed by atoms with Gasteiger partial charge in [-0.2, -0.15) is 0 Å². The first-order valence-corrected chi connectivity index (χ1v) is 9.33. The van der Waals surface area contributed by atoms with Gasteiger partial charge in [0.1, 0.15) is 12.1 Å². The molecule has 0 amide bonds. The highest BCUT2D eigenvalue weighted by molar-refractivity contribution is 5.82. The lowest BCUT2D eigenvalue weighted by atomic mass is 9.90. The lowest BCUT2D eigenvalue weighted by Crippen LogP contribution is -2.12. The van der Waals surface area contributed by atoms with Crippen molar-refractivity contribution in [3.8, 4) is 0 Å². The molecule has 0 bridgehead atoms. The van der Waals surface area contributed by atoms with Crippen molar-refractivity contribution in [3.05, 3.63) is 0 Å². The molecule has 0 aliphatic heterocycles. The molecule has 0 aliphatic rings. The molecule has 22 heavy (non-hydrogen) atoms. The molecule has 2 nitrogen and oxygen atoms in total. The van der Waals surface area contributed by atoms with Crippen LogP contribution in [0.1, 0.15) is 92.4 Å². The molecule has 0 radical (unpaired) electrons. The van der Waals surface area contributed by atoms with Crippen LogP contribution in [0.5, 0.6) is 0 Å². The molecule has 0 spiro atoms. The number of hydrogen-bond acceptors (Lipinski definition) is 2. The van der Waals surface area contributed by atoms with Gasteiger partial charge in [0.2, 0.25) is 0 Å². The van der Waals surface area contributed by atoms with Crippen LogP contribution in [0.15, 0.2) is 0 Å². The standard InChI is InChI=1S/C20H38O2/c1-16(2)8-6-9-17(3)10-7-11-18(4)12-13-20(22)19(5)14-15-21/h15-19H,6-14H2,1-5H3. The topological polar surface area (TPSA) is 34.1 Å². The van der Waals surface area contributed by atoms with E-state index in [9.17, 15) is 9.59 Å². The maximum absolute atomic E-state index is 11.8. The highest BCUT2D eigenvalue weighted by Crippen LogP contribution is 2.21. The maximum atomic E-state index is 11.8. The molecule has 0 aliphatic carbocycles. The van der Waals surface area contributed by atoms with E-state index in [-0.39, 0.29) is 11.7 Å². The number of rotatable bonds is 14. The summed E-state index contributed by atoms with van der Waals surface area (Å²) in [5.74, 6) is 2.44. The molecule has 0 aromatic heterocycles. The summed E-state index contributed by atoms with van der Waals surface area (Å²) in [5.41, 5.74) is 0. The second-order valence-corrected chi connectivity index (χ2v) is 7.77. The molecule has 0 saturated carbocycles. The molecule has 0 heterocycles. The molecular weight excluding hydrogens is 272 g/mol. The summed E-state index contributed by atoms with van der Waals surface area (Å²) < 4.78 is 0. The van der Waals surface area contributed by atoms with Crippen LogP contribution in [0.2, 0.25) is 0 Å². The van der Waals surface area contributed by atoms with Crippen molar-refractivity contribution in [1.82, 2.24) is 0 Å². The average Bonchev–Trinajstić information content (AvgIpc) is 2.44. The lowest BCUT2D eigenvalue weighted by molar-refractivity contribution is -0.124. The van der Waals surface area contributed by atoms with Crippen LogP contribution in [-0.4, -0.2) is 12.1 Å². The summed E-state index contributed by atoms with van der Waals surface area (Å²) in [6.07, 6.45) is 10.7. The summed E-state index contributed by atoms with van der Waals surface area (Å²) >= 11 is 0. The van der Waals surface area contributed by atoms with Crippen LogP contribution in [0, 0.1) is 23.7 Å². The summed E-state index contributed by atoms with van der Waals surface area (Å²) in [6, 6.07) is 0. The minimum atomic E-state index is -0.0920. The molecule has 3 atom stereocenters. The van der Waals surface area contributed by atoms with Crippen molar-refractivity contribution >= 4 is 12.1 Å². The first kappa shape index (κ1) is 21.3. The predicted octanol–water partition coefficient (Wildman–Crippen LogP) is 5.83. The van der Waals surface area contributed by atoms with Gasteiger partial charge in [-0.15, -0.1) is 0 Å². The zero-order valence-corrected chi connectivity index (χ0v) is 15.6. The van der Waals surface area contributed by atoms with Crippen molar-refractivity contribution in [2.45, 2.75) is 92.4 Å². The van der Waals surface area contributed by atoms with Crippen LogP contribution in [-0.2, 0) is 9.59 Å². The van der Waals surface area contributed by atoms with Crippen molar-refractivity contribution in [2.24, 2.45) is 23.7 Å². The minimum Gasteiger partial charge on any atom is -0.303 e. The van der Waals surface area contributed by atoms with Crippen LogP contribution >= 0.6 is 0 Å². The molecule has 2 heteroatoms. The zero-order chi connectivity index (χ0) is 17.0. The van der Waals surface area contributed by atoms with E-state index in [1.54, 1.807) is 0 Å². The molecule has 0 aromatic carbocycles. The Bertz CT molecular complexity index is 296. The Morgan fingerprint density at radius 2 is 1.32 bits per heavy atom. The molecule has 130 valence electrons. The Hall–Kier alpha value is -0.660. The summed E-state index contributed by atoms with van der Waals surface area (Å²) in [5, 5.41) is 0. The summed E-state index contributed by atoms with van der Waals surface area (Å²) in [4.78, 5) is 22.3. The summed E-state index contributed by atoms with van der Waals surface area (Å²) in [7, 11) is 0. The van der Waals surface area contributed by atoms with Gasteiger partial charge in [-0.25, -0.2) is 0 Å². The van der Waals surface area contributed by atoms with Gasteiger partial charge in [-0.3, -0.25) is 4.79 Å². The van der Waals surface area contributed by atoms with E-state index >= 15 is 0 Å². The molecule has 3 unspecified atom stereocenters. The van der Waals surface area contributed by atoms with E-state index in [0.717, 1.165) is 24.5 Å². The second kappa shape index (κ2) is 12.8. The third-order valence-electron chi connectivity index (χ3n) is 4.76. The fraction of sp³-hybridized carbons (Fsp3) is 0.900. The zero-order valence-electron chi connectivity index (χ0n) is 15.6. The van der Waals surface area contributed by atoms with E-state index in [1.165, 1.54) is 38.5 Å². The van der Waals surface area contributed by atoms with E-state index in [1.807, 2.05) is 6.92 Å². The third kappa shape index (κ3) is 11.9. The van der Waals surface area contributed by atoms with Gasteiger partial charge in [0.25, 0.3) is 0 Å². The Balaban J connectivity index is 3.66. The Morgan fingerprint density at radius 1 is 0.818 bits per heavy atom. The van der Waals surface area contributed by atoms with Gasteiger partial charge in [-0.1, -0.05) is 73.1 Å². The van der Waals surface area contributed by atoms with Gasteiger partial charge in [0, 0.05) is 18.8 Å². The largest absolute Gasteiger partial charge is 0.303 e. The number of carbonyl (C=O) groups excluding carboxylic acids is 2. The van der Waals surface area contributed by atoms with Gasteiger partial charge in [0.05, 0.1) is 0 Å². The Kier molecular flexibility index (Phi) is 12.5. The SMILES string of the molecule is CC(C)CCCC(C)CCCC(C)CCC(=O)C(C)CC=O. The predicted molar refractivity (Wildman–Crippen MR) is 95.0 cm³/mol. The lowest BCUT2D eigenvalue weighted by Gasteiger charge is -2.15. The molecule has 0 rings (SSSR count). The van der Waals surface area contributed by atoms with Crippen LogP contribution in [0.25, 0.3) is 0 Å². The fourth-order valence-electron chi connectivity index (χ4n) is 2.89. The van der Waals surface area contributed by atoms with E-state index in [2.05, 4.69) is 27.7 Å². The van der Waals surface area contributed by atoms with E-state index in [0.29, 0.717) is 18.8 Å². The molecule has 0 fully saturated rings. The number of Topliss-reactive ketones (excluding diaryl/α,β-unsaturated/α-hetero) is 1. The molecular formula is C20H38O2. The van der Waals surface area contributed by atoms with Crippen LogP contribution in [0.4, 0.5) is 0 Å². The molecule has 0 N–H and O–H groups in total. The van der Waals surface area contributed by atoms with Gasteiger partial charge >= 0.3 is 0 Å². The van der Waals surface area contributed by atoms with Crippen LogP contribution < -0.4 is 0 Å². The van der Waals surface area contributed by atoms with Crippen molar-refractivity contribution in [1.29, 1.82) is 0 Å². The third-order valence-corrected chi connectivity index (χ3v) is 4.76. The number of aldehydes is 1. The Labute approximate surface area is 138 Å². The van der Waals surface area contributed by atoms with E-state index < -0.39 is 0 Å². The normalized spacial score (nSPS) is 15.5. The number of carbonyl (C=O) groups is 2. The first-order chi connectivity index (χ1) is 10.4. The van der Waals surface area contributed by atoms with E-state index in [4.69, 9.17) is 0 Å². The van der Waals surface area contributed by atoms with Gasteiger partial charge in [0.15, 0.2) is 0 Å². The minimum absolute atomic E-state index is 0.0920. The quantitative estimate of drug-likeness (QED) is 0.378. The first-order valence-electron chi connectivity index (χ1n) is 9.33. The highest BCUT2D eigenvalue weighted by atomic mass is 16.1. The highest BCUT2D eigenvalue weighted by Gasteiger charge is 2.14. The molecule has 0 saturated heterocycles. The van der Waals surface area contributed by atoms with Gasteiger partial charge in [-0.05, 0) is 24.2 Å². The van der Waals surface area contributed by atoms with Crippen LogP contribution in [0.3, 0.4) is 0 Å². The number of hydrogen-bond donors (Lipinski definition) is 0. The molecule has 0 aromatic rings.